The van der Waals surface area contributed by atoms with Crippen LogP contribution in [0.25, 0.3) is 0 Å². The lowest BCUT2D eigenvalue weighted by molar-refractivity contribution is -0.153. The van der Waals surface area contributed by atoms with Crippen LogP contribution in [0.3, 0.4) is 0 Å². The first-order valence-corrected chi connectivity index (χ1v) is 10.5. The number of nitrogens with zero attached hydrogens (tertiary/aromatic N) is 1. The Morgan fingerprint density at radius 1 is 1.14 bits per heavy atom. The molecule has 2 aromatic rings. The average molecular weight is 407 g/mol. The van der Waals surface area contributed by atoms with Crippen molar-refractivity contribution in [1.29, 1.82) is 0 Å². The van der Waals surface area contributed by atoms with Crippen molar-refractivity contribution in [3.05, 3.63) is 95.2 Å². The third-order valence-corrected chi connectivity index (χ3v) is 6.35. The van der Waals surface area contributed by atoms with Crippen LogP contribution in [0.1, 0.15) is 24.2 Å². The van der Waals surface area contributed by atoms with Crippen molar-refractivity contribution in [1.82, 2.24) is 4.90 Å². The maximum atomic E-state index is 13.3. The van der Waals surface area contributed by atoms with E-state index < -0.39 is 18.1 Å². The van der Waals surface area contributed by atoms with E-state index in [2.05, 4.69) is 0 Å². The fourth-order valence-electron chi connectivity index (χ4n) is 3.61. The molecule has 0 radical (unpaired) electrons. The number of carbonyl (C=O) groups is 2. The summed E-state index contributed by atoms with van der Waals surface area (Å²) in [6.45, 7) is 1.88. The number of allylic oxidation sites excluding steroid dienone is 2. The Bertz CT molecular complexity index is 933. The number of ether oxygens (including phenoxy) is 1. The lowest BCUT2D eigenvalue weighted by Gasteiger charge is -2.48. The van der Waals surface area contributed by atoms with Gasteiger partial charge in [0.2, 0.25) is 5.91 Å². The Morgan fingerprint density at radius 3 is 2.28 bits per heavy atom. The number of benzene rings is 2. The fraction of sp³-hybridized carbons (Fsp3) is 0.217. The number of amides is 1. The summed E-state index contributed by atoms with van der Waals surface area (Å²) in [5.41, 5.74) is 8.75. The third kappa shape index (κ3) is 3.61. The molecule has 2 aliphatic heterocycles. The molecule has 0 aliphatic carbocycles. The minimum Gasteiger partial charge on any atom is -0.448 e. The number of carbonyl (C=O) groups excluding carboxylic acids is 2. The van der Waals surface area contributed by atoms with Crippen LogP contribution in [0.5, 0.6) is 0 Å². The van der Waals surface area contributed by atoms with Crippen LogP contribution < -0.4 is 5.73 Å². The quantitative estimate of drug-likeness (QED) is 0.609. The molecule has 2 unspecified atom stereocenters. The molecule has 2 aromatic carbocycles. The smallest absolute Gasteiger partial charge is 0.356 e. The van der Waals surface area contributed by atoms with E-state index in [0.717, 1.165) is 16.7 Å². The van der Waals surface area contributed by atoms with E-state index in [1.165, 1.54) is 4.90 Å². The summed E-state index contributed by atoms with van der Waals surface area (Å²) in [4.78, 5) is 27.2. The molecule has 0 aromatic heterocycles. The first-order chi connectivity index (χ1) is 14.1. The highest BCUT2D eigenvalue weighted by molar-refractivity contribution is 8.00. The van der Waals surface area contributed by atoms with Crippen molar-refractivity contribution in [2.45, 2.75) is 24.4 Å². The van der Waals surface area contributed by atoms with E-state index in [4.69, 9.17) is 10.5 Å². The van der Waals surface area contributed by atoms with E-state index in [-0.39, 0.29) is 11.3 Å². The minimum absolute atomic E-state index is 0.217. The monoisotopic (exact) mass is 406 g/mol. The number of fused-ring (bicyclic) bond motifs is 1. The second kappa shape index (κ2) is 8.27. The molecule has 5 nitrogen and oxygen atoms in total. The van der Waals surface area contributed by atoms with Crippen LogP contribution in [0.15, 0.2) is 84.1 Å². The van der Waals surface area contributed by atoms with Crippen LogP contribution in [0, 0.1) is 0 Å². The van der Waals surface area contributed by atoms with E-state index in [0.29, 0.717) is 11.4 Å². The number of esters is 1. The summed E-state index contributed by atoms with van der Waals surface area (Å²) < 4.78 is 6.00. The molecule has 0 spiro atoms. The average Bonchev–Trinajstić information content (AvgIpc) is 2.77. The van der Waals surface area contributed by atoms with Crippen LogP contribution in [0.2, 0.25) is 0 Å². The molecule has 1 amide bonds. The van der Waals surface area contributed by atoms with Gasteiger partial charge in [0.1, 0.15) is 17.1 Å². The Kier molecular flexibility index (Phi) is 5.56. The van der Waals surface area contributed by atoms with Crippen LogP contribution in [0.4, 0.5) is 0 Å². The van der Waals surface area contributed by atoms with Crippen molar-refractivity contribution in [2.75, 3.05) is 5.75 Å². The van der Waals surface area contributed by atoms with Gasteiger partial charge in [-0.2, -0.15) is 0 Å². The maximum Gasteiger partial charge on any atom is 0.356 e. The molecule has 4 rings (SSSR count). The summed E-state index contributed by atoms with van der Waals surface area (Å²) in [7, 11) is 0. The molecule has 2 N–H and O–H groups in total. The number of rotatable bonds is 5. The van der Waals surface area contributed by atoms with Gasteiger partial charge in [-0.15, -0.1) is 11.8 Å². The zero-order chi connectivity index (χ0) is 20.4. The van der Waals surface area contributed by atoms with Gasteiger partial charge in [-0.1, -0.05) is 72.8 Å². The highest BCUT2D eigenvalue weighted by Gasteiger charge is 2.52. The highest BCUT2D eigenvalue weighted by Crippen LogP contribution is 2.41. The predicted octanol–water partition coefficient (Wildman–Crippen LogP) is 3.39. The number of β-lactam (4-membered cyclic amide) rings is 1. The normalized spacial score (nSPS) is 21.3. The van der Waals surface area contributed by atoms with Gasteiger partial charge < -0.3 is 10.5 Å². The Morgan fingerprint density at radius 2 is 1.72 bits per heavy atom. The number of hydrogen-bond donors (Lipinski definition) is 1. The molecule has 148 valence electrons. The number of hydrogen-bond acceptors (Lipinski definition) is 5. The largest absolute Gasteiger partial charge is 0.448 e. The topological polar surface area (TPSA) is 72.6 Å². The molecule has 0 bridgehead atoms. The standard InChI is InChI=1S/C23H22N2O3S/c1-2-9-17-14-29-22-18(24)21(26)25(22)19(17)23(27)28-20(15-10-5-3-6-11-15)16-12-7-4-8-13-16/h2-13,18,20,22H,14,24H2,1H3/b9-2-. The van der Waals surface area contributed by atoms with Gasteiger partial charge in [0, 0.05) is 5.75 Å². The summed E-state index contributed by atoms with van der Waals surface area (Å²) >= 11 is 1.57. The maximum absolute atomic E-state index is 13.3. The van der Waals surface area contributed by atoms with Crippen molar-refractivity contribution in [3.8, 4) is 0 Å². The van der Waals surface area contributed by atoms with Gasteiger partial charge in [-0.25, -0.2) is 4.79 Å². The van der Waals surface area contributed by atoms with Gasteiger partial charge in [-0.3, -0.25) is 9.69 Å². The van der Waals surface area contributed by atoms with E-state index in [1.807, 2.05) is 79.7 Å². The van der Waals surface area contributed by atoms with Crippen LogP contribution >= 0.6 is 11.8 Å². The highest BCUT2D eigenvalue weighted by atomic mass is 32.2. The Hall–Kier alpha value is -2.83. The second-order valence-corrected chi connectivity index (χ2v) is 8.02. The van der Waals surface area contributed by atoms with E-state index >= 15 is 0 Å². The van der Waals surface area contributed by atoms with Gasteiger partial charge in [-0.05, 0) is 23.6 Å². The molecule has 0 saturated carbocycles. The predicted molar refractivity (Wildman–Crippen MR) is 114 cm³/mol. The first-order valence-electron chi connectivity index (χ1n) is 9.48. The Labute approximate surface area is 174 Å². The molecule has 6 heteroatoms. The van der Waals surface area contributed by atoms with Gasteiger partial charge in [0.25, 0.3) is 0 Å². The Balaban J connectivity index is 1.70. The summed E-state index contributed by atoms with van der Waals surface area (Å²) in [5, 5.41) is -0.217. The van der Waals surface area contributed by atoms with Crippen LogP contribution in [-0.2, 0) is 14.3 Å². The molecule has 1 saturated heterocycles. The van der Waals surface area contributed by atoms with Crippen molar-refractivity contribution in [3.63, 3.8) is 0 Å². The van der Waals surface area contributed by atoms with Crippen molar-refractivity contribution < 1.29 is 14.3 Å². The van der Waals surface area contributed by atoms with E-state index in [9.17, 15) is 9.59 Å². The fourth-order valence-corrected chi connectivity index (χ4v) is 4.87. The SMILES string of the molecule is C/C=C\C1=C(C(=O)OC(c2ccccc2)c2ccccc2)N2C(=O)C(N)C2SC1. The summed E-state index contributed by atoms with van der Waals surface area (Å²) in [6.07, 6.45) is 3.15. The van der Waals surface area contributed by atoms with Crippen LogP contribution in [-0.4, -0.2) is 33.9 Å². The first kappa shape index (κ1) is 19.5. The number of thioether (sulfide) groups is 1. The van der Waals surface area contributed by atoms with Gasteiger partial charge in [0.15, 0.2) is 6.10 Å². The summed E-state index contributed by atoms with van der Waals surface area (Å²) in [5.74, 6) is -0.147. The van der Waals surface area contributed by atoms with Gasteiger partial charge >= 0.3 is 5.97 Å². The molecular formula is C23H22N2O3S. The molecule has 2 aliphatic rings. The molecule has 1 fully saturated rings. The number of nitrogens with two attached hydrogens (primary N) is 1. The lowest BCUT2D eigenvalue weighted by atomic mass is 10.0. The minimum atomic E-state index is -0.575. The molecule has 29 heavy (non-hydrogen) atoms. The second-order valence-electron chi connectivity index (χ2n) is 6.92. The third-order valence-electron chi connectivity index (χ3n) is 5.03. The van der Waals surface area contributed by atoms with E-state index in [1.54, 1.807) is 11.8 Å². The molecular weight excluding hydrogens is 384 g/mol. The molecule has 2 atom stereocenters. The van der Waals surface area contributed by atoms with Crippen molar-refractivity contribution in [2.24, 2.45) is 5.73 Å². The zero-order valence-electron chi connectivity index (χ0n) is 16.0. The lowest BCUT2D eigenvalue weighted by Crippen LogP contribution is -2.68. The van der Waals surface area contributed by atoms with Crippen molar-refractivity contribution >= 4 is 23.6 Å². The zero-order valence-corrected chi connectivity index (χ0v) is 16.8. The molecule has 2 heterocycles. The summed E-state index contributed by atoms with van der Waals surface area (Å²) in [6, 6.07) is 18.6. The van der Waals surface area contributed by atoms with Gasteiger partial charge in [0.05, 0.1) is 0 Å².